The molecular weight excluding hydrogens is 215 g/mol. The van der Waals surface area contributed by atoms with Crippen LogP contribution in [-0.4, -0.2) is 0 Å². The lowest BCUT2D eigenvalue weighted by Crippen LogP contribution is -2.33. The molecule has 2 unspecified atom stereocenters. The van der Waals surface area contributed by atoms with E-state index in [2.05, 4.69) is 19.3 Å². The summed E-state index contributed by atoms with van der Waals surface area (Å²) in [6, 6.07) is 6.73. The first-order valence-electron chi connectivity index (χ1n) is 6.44. The predicted molar refractivity (Wildman–Crippen MR) is 69.8 cm³/mol. The van der Waals surface area contributed by atoms with Crippen molar-refractivity contribution in [2.24, 2.45) is 11.8 Å². The number of unbranched alkanes of at least 4 members (excludes halogenated alkanes) is 1. The molecule has 3 N–H and O–H groups in total. The van der Waals surface area contributed by atoms with Crippen molar-refractivity contribution in [3.8, 4) is 0 Å². The Morgan fingerprint density at radius 2 is 1.88 bits per heavy atom. The maximum absolute atomic E-state index is 12.9. The summed E-state index contributed by atoms with van der Waals surface area (Å²) in [5, 5.41) is 0. The van der Waals surface area contributed by atoms with Crippen LogP contribution in [0.5, 0.6) is 0 Å². The molecule has 3 heteroatoms. The lowest BCUT2D eigenvalue weighted by Gasteiger charge is -2.26. The van der Waals surface area contributed by atoms with Crippen molar-refractivity contribution in [1.29, 1.82) is 0 Å². The van der Waals surface area contributed by atoms with Crippen LogP contribution in [0.4, 0.5) is 4.39 Å². The highest BCUT2D eigenvalue weighted by molar-refractivity contribution is 5.20. The quantitative estimate of drug-likeness (QED) is 0.563. The topological polar surface area (TPSA) is 38.0 Å². The van der Waals surface area contributed by atoms with E-state index in [1.165, 1.54) is 25.0 Å². The molecule has 1 aromatic rings. The molecule has 0 spiro atoms. The van der Waals surface area contributed by atoms with Gasteiger partial charge in [0.05, 0.1) is 0 Å². The van der Waals surface area contributed by atoms with Crippen molar-refractivity contribution >= 4 is 0 Å². The van der Waals surface area contributed by atoms with Gasteiger partial charge in [-0.3, -0.25) is 11.3 Å². The molecule has 1 rings (SSSR count). The van der Waals surface area contributed by atoms with Crippen LogP contribution in [-0.2, 0) is 0 Å². The molecule has 0 saturated heterocycles. The minimum Gasteiger partial charge on any atom is -0.271 e. The molecule has 0 aliphatic heterocycles. The van der Waals surface area contributed by atoms with Crippen molar-refractivity contribution < 1.29 is 4.39 Å². The third-order valence-electron chi connectivity index (χ3n) is 3.33. The van der Waals surface area contributed by atoms with Crippen LogP contribution in [0.1, 0.15) is 51.1 Å². The molecule has 0 radical (unpaired) electrons. The zero-order valence-electron chi connectivity index (χ0n) is 10.7. The summed E-state index contributed by atoms with van der Waals surface area (Å²) >= 11 is 0. The molecule has 1 aromatic carbocycles. The lowest BCUT2D eigenvalue weighted by atomic mass is 9.87. The van der Waals surface area contributed by atoms with Crippen molar-refractivity contribution in [3.63, 3.8) is 0 Å². The maximum atomic E-state index is 12.9. The second-order valence-electron chi connectivity index (χ2n) is 4.51. The van der Waals surface area contributed by atoms with E-state index in [9.17, 15) is 4.39 Å². The normalized spacial score (nSPS) is 14.6. The minimum atomic E-state index is -0.203. The Morgan fingerprint density at radius 3 is 2.35 bits per heavy atom. The second-order valence-corrected chi connectivity index (χ2v) is 4.51. The Balaban J connectivity index is 2.77. The van der Waals surface area contributed by atoms with Crippen molar-refractivity contribution in [2.75, 3.05) is 0 Å². The van der Waals surface area contributed by atoms with Crippen molar-refractivity contribution in [1.82, 2.24) is 5.43 Å². The summed E-state index contributed by atoms with van der Waals surface area (Å²) in [6.45, 7) is 4.36. The molecule has 0 amide bonds. The average Bonchev–Trinajstić information content (AvgIpc) is 2.36. The van der Waals surface area contributed by atoms with Gasteiger partial charge >= 0.3 is 0 Å². The Kier molecular flexibility index (Phi) is 6.16. The number of nitrogens with one attached hydrogen (secondary N) is 1. The lowest BCUT2D eigenvalue weighted by molar-refractivity contribution is 0.326. The summed E-state index contributed by atoms with van der Waals surface area (Å²) in [5.41, 5.74) is 3.94. The van der Waals surface area contributed by atoms with Gasteiger partial charge in [-0.2, -0.15) is 0 Å². The minimum absolute atomic E-state index is 0.118. The van der Waals surface area contributed by atoms with Crippen LogP contribution in [0.2, 0.25) is 0 Å². The fourth-order valence-corrected chi connectivity index (χ4v) is 2.25. The molecule has 17 heavy (non-hydrogen) atoms. The van der Waals surface area contributed by atoms with Gasteiger partial charge in [0, 0.05) is 6.04 Å². The molecule has 96 valence electrons. The highest BCUT2D eigenvalue weighted by atomic mass is 19.1. The predicted octanol–water partition coefficient (Wildman–Crippen LogP) is 3.55. The average molecular weight is 238 g/mol. The molecule has 0 fully saturated rings. The molecule has 0 bridgehead atoms. The van der Waals surface area contributed by atoms with E-state index in [-0.39, 0.29) is 11.9 Å². The standard InChI is InChI=1S/C14H23FN2/c1-3-5-6-11(4-2)14(17-16)12-7-9-13(15)10-8-12/h7-11,14,17H,3-6,16H2,1-2H3. The molecule has 2 nitrogen and oxygen atoms in total. The van der Waals surface area contributed by atoms with E-state index >= 15 is 0 Å². The second kappa shape index (κ2) is 7.41. The maximum Gasteiger partial charge on any atom is 0.123 e. The highest BCUT2D eigenvalue weighted by Crippen LogP contribution is 2.28. The van der Waals surface area contributed by atoms with Gasteiger partial charge in [0.25, 0.3) is 0 Å². The number of hydrogen-bond acceptors (Lipinski definition) is 2. The number of benzene rings is 1. The van der Waals surface area contributed by atoms with Gasteiger partial charge in [-0.25, -0.2) is 4.39 Å². The van der Waals surface area contributed by atoms with E-state index in [0.717, 1.165) is 18.4 Å². The SMILES string of the molecule is CCCCC(CC)C(NN)c1ccc(F)cc1. The van der Waals surface area contributed by atoms with Gasteiger partial charge in [0.1, 0.15) is 5.82 Å². The third kappa shape index (κ3) is 4.10. The zero-order chi connectivity index (χ0) is 12.7. The van der Waals surface area contributed by atoms with E-state index < -0.39 is 0 Å². The molecule has 0 heterocycles. The van der Waals surface area contributed by atoms with Crippen LogP contribution in [0, 0.1) is 11.7 Å². The van der Waals surface area contributed by atoms with Gasteiger partial charge < -0.3 is 0 Å². The smallest absolute Gasteiger partial charge is 0.123 e. The summed E-state index contributed by atoms with van der Waals surface area (Å²) < 4.78 is 12.9. The fraction of sp³-hybridized carbons (Fsp3) is 0.571. The Morgan fingerprint density at radius 1 is 1.24 bits per heavy atom. The van der Waals surface area contributed by atoms with Crippen LogP contribution in [0.25, 0.3) is 0 Å². The van der Waals surface area contributed by atoms with Gasteiger partial charge in [-0.1, -0.05) is 45.2 Å². The number of hydrogen-bond donors (Lipinski definition) is 2. The Labute approximate surface area is 103 Å². The molecule has 2 atom stereocenters. The fourth-order valence-electron chi connectivity index (χ4n) is 2.25. The van der Waals surface area contributed by atoms with E-state index in [4.69, 9.17) is 5.84 Å². The Hall–Kier alpha value is -0.930. The molecule has 0 aromatic heterocycles. The number of rotatable bonds is 7. The third-order valence-corrected chi connectivity index (χ3v) is 3.33. The van der Waals surface area contributed by atoms with Crippen LogP contribution >= 0.6 is 0 Å². The first-order chi connectivity index (χ1) is 8.22. The molecular formula is C14H23FN2. The van der Waals surface area contributed by atoms with Crippen molar-refractivity contribution in [3.05, 3.63) is 35.6 Å². The highest BCUT2D eigenvalue weighted by Gasteiger charge is 2.19. The number of halogens is 1. The first kappa shape index (κ1) is 14.1. The summed E-state index contributed by atoms with van der Waals surface area (Å²) in [7, 11) is 0. The van der Waals surface area contributed by atoms with Gasteiger partial charge in [0.15, 0.2) is 0 Å². The van der Waals surface area contributed by atoms with Gasteiger partial charge in [-0.05, 0) is 30.0 Å². The summed E-state index contributed by atoms with van der Waals surface area (Å²) in [6.07, 6.45) is 4.63. The van der Waals surface area contributed by atoms with E-state index in [1.807, 2.05) is 12.1 Å². The summed E-state index contributed by atoms with van der Waals surface area (Å²) in [4.78, 5) is 0. The summed E-state index contributed by atoms with van der Waals surface area (Å²) in [5.74, 6) is 5.95. The van der Waals surface area contributed by atoms with Crippen LogP contribution in [0.15, 0.2) is 24.3 Å². The van der Waals surface area contributed by atoms with Crippen LogP contribution < -0.4 is 11.3 Å². The molecule has 0 aliphatic carbocycles. The van der Waals surface area contributed by atoms with E-state index in [0.29, 0.717) is 5.92 Å². The first-order valence-corrected chi connectivity index (χ1v) is 6.44. The Bertz CT molecular complexity index is 311. The van der Waals surface area contributed by atoms with Gasteiger partial charge in [0.2, 0.25) is 0 Å². The number of nitrogens with two attached hydrogens (primary N) is 1. The molecule has 0 saturated carbocycles. The molecule has 0 aliphatic rings. The van der Waals surface area contributed by atoms with Crippen molar-refractivity contribution in [2.45, 2.75) is 45.6 Å². The van der Waals surface area contributed by atoms with Gasteiger partial charge in [-0.15, -0.1) is 0 Å². The zero-order valence-corrected chi connectivity index (χ0v) is 10.7. The monoisotopic (exact) mass is 238 g/mol. The number of hydrazine groups is 1. The van der Waals surface area contributed by atoms with E-state index in [1.54, 1.807) is 0 Å². The van der Waals surface area contributed by atoms with Crippen LogP contribution in [0.3, 0.4) is 0 Å². The largest absolute Gasteiger partial charge is 0.271 e.